The number of benzene rings is 2. The van der Waals surface area contributed by atoms with Crippen LogP contribution in [0, 0.1) is 0 Å². The molecule has 0 saturated carbocycles. The third-order valence-electron chi connectivity index (χ3n) is 2.72. The van der Waals surface area contributed by atoms with Gasteiger partial charge in [0.05, 0.1) is 0 Å². The van der Waals surface area contributed by atoms with Gasteiger partial charge < -0.3 is 0 Å². The fraction of sp³-hybridized carbons (Fsp3) is 0.200. The van der Waals surface area contributed by atoms with E-state index in [-0.39, 0.29) is 0 Å². The van der Waals surface area contributed by atoms with Crippen LogP contribution in [0.4, 0.5) is 0 Å². The zero-order valence-corrected chi connectivity index (χ0v) is 11.8. The van der Waals surface area contributed by atoms with E-state index < -0.39 is 14.7 Å². The second-order valence-electron chi connectivity index (χ2n) is 3.96. The van der Waals surface area contributed by atoms with Crippen molar-refractivity contribution in [1.29, 1.82) is 0 Å². The van der Waals surface area contributed by atoms with E-state index in [0.717, 1.165) is 13.0 Å². The van der Waals surface area contributed by atoms with Crippen molar-refractivity contribution in [3.8, 4) is 0 Å². The number of hydrogen-bond donors (Lipinski definition) is 1. The topological polar surface area (TPSA) is 26.0 Å². The molecule has 0 aliphatic carbocycles. The number of nitrogens with two attached hydrogens (primary N) is 1. The van der Waals surface area contributed by atoms with Gasteiger partial charge >= 0.3 is 108 Å². The summed E-state index contributed by atoms with van der Waals surface area (Å²) in [6, 6.07) is 21.8. The van der Waals surface area contributed by atoms with Crippen LogP contribution in [0.25, 0.3) is 0 Å². The zero-order chi connectivity index (χ0) is 11.9. The van der Waals surface area contributed by atoms with E-state index in [4.69, 9.17) is 5.73 Å². The van der Waals surface area contributed by atoms with Crippen molar-refractivity contribution in [2.24, 2.45) is 5.73 Å². The van der Waals surface area contributed by atoms with E-state index in [0.29, 0.717) is 0 Å². The van der Waals surface area contributed by atoms with Crippen molar-refractivity contribution < 1.29 is 0 Å². The summed E-state index contributed by atoms with van der Waals surface area (Å²) in [4.78, 5) is 0. The van der Waals surface area contributed by atoms with Crippen molar-refractivity contribution in [1.82, 2.24) is 0 Å². The van der Waals surface area contributed by atoms with Gasteiger partial charge in [-0.15, -0.1) is 0 Å². The Morgan fingerprint density at radius 2 is 1.24 bits per heavy atom. The molecule has 0 heterocycles. The van der Waals surface area contributed by atoms with Gasteiger partial charge in [-0.3, -0.25) is 0 Å². The first-order valence-corrected chi connectivity index (χ1v) is 9.20. The molecule has 2 aromatic rings. The monoisotopic (exact) mass is 287 g/mol. The molecular formula is C15H18AsN. The second kappa shape index (κ2) is 6.64. The van der Waals surface area contributed by atoms with Crippen molar-refractivity contribution in [3.05, 3.63) is 60.7 Å². The van der Waals surface area contributed by atoms with Gasteiger partial charge in [0, 0.05) is 0 Å². The van der Waals surface area contributed by atoms with Gasteiger partial charge in [-0.1, -0.05) is 0 Å². The molecule has 0 spiro atoms. The van der Waals surface area contributed by atoms with Gasteiger partial charge in [0.1, 0.15) is 0 Å². The summed E-state index contributed by atoms with van der Waals surface area (Å²) in [6.07, 6.45) is 1.13. The normalized spacial score (nSPS) is 10.7. The van der Waals surface area contributed by atoms with Gasteiger partial charge in [0.25, 0.3) is 0 Å². The molecule has 2 heteroatoms. The molecule has 0 fully saturated rings. The van der Waals surface area contributed by atoms with Crippen molar-refractivity contribution in [3.63, 3.8) is 0 Å². The molecule has 0 radical (unpaired) electrons. The Labute approximate surface area is 108 Å². The van der Waals surface area contributed by atoms with E-state index in [1.807, 2.05) is 0 Å². The van der Waals surface area contributed by atoms with Crippen LogP contribution in [-0.4, -0.2) is 21.2 Å². The Kier molecular flexibility index (Phi) is 4.85. The summed E-state index contributed by atoms with van der Waals surface area (Å²) in [5, 5.41) is 1.26. The Balaban J connectivity index is 2.26. The van der Waals surface area contributed by atoms with Gasteiger partial charge in [0.15, 0.2) is 0 Å². The molecule has 0 unspecified atom stereocenters. The molecule has 0 atom stereocenters. The average Bonchev–Trinajstić information content (AvgIpc) is 2.42. The molecule has 0 saturated heterocycles. The van der Waals surface area contributed by atoms with E-state index in [1.54, 1.807) is 0 Å². The molecule has 2 rings (SSSR count). The Morgan fingerprint density at radius 1 is 0.765 bits per heavy atom. The van der Waals surface area contributed by atoms with Gasteiger partial charge in [-0.05, 0) is 0 Å². The molecule has 0 aromatic heterocycles. The molecule has 2 N–H and O–H groups in total. The Morgan fingerprint density at radius 3 is 1.65 bits per heavy atom. The molecule has 2 aromatic carbocycles. The SMILES string of the molecule is NCCC[As](c1ccccc1)c1ccccc1. The molecule has 0 bridgehead atoms. The first-order valence-electron chi connectivity index (χ1n) is 5.99. The van der Waals surface area contributed by atoms with Crippen LogP contribution in [0.2, 0.25) is 5.21 Å². The Hall–Kier alpha value is -1.04. The van der Waals surface area contributed by atoms with Crippen LogP contribution >= 0.6 is 0 Å². The van der Waals surface area contributed by atoms with Crippen molar-refractivity contribution in [2.45, 2.75) is 11.6 Å². The average molecular weight is 287 g/mol. The summed E-state index contributed by atoms with van der Waals surface area (Å²) in [7, 11) is 0. The molecule has 88 valence electrons. The second-order valence-corrected chi connectivity index (χ2v) is 8.87. The standard InChI is InChI=1S/C15H18AsN/c17-13-7-12-16(14-8-3-1-4-9-14)15-10-5-2-6-11-15/h1-6,8-11H,7,12-13,17H2. The Bertz CT molecular complexity index is 388. The predicted octanol–water partition coefficient (Wildman–Crippen LogP) is 1.64. The molecule has 0 amide bonds. The van der Waals surface area contributed by atoms with Crippen LogP contribution in [0.1, 0.15) is 6.42 Å². The summed E-state index contributed by atoms with van der Waals surface area (Å²) >= 11 is -1.12. The van der Waals surface area contributed by atoms with Crippen LogP contribution in [0.15, 0.2) is 60.7 Å². The third-order valence-corrected chi connectivity index (χ3v) is 8.19. The quantitative estimate of drug-likeness (QED) is 0.831. The van der Waals surface area contributed by atoms with Gasteiger partial charge in [-0.25, -0.2) is 0 Å². The first kappa shape index (κ1) is 12.4. The fourth-order valence-electron chi connectivity index (χ4n) is 1.87. The van der Waals surface area contributed by atoms with E-state index in [9.17, 15) is 0 Å². The van der Waals surface area contributed by atoms with E-state index in [2.05, 4.69) is 60.7 Å². The summed E-state index contributed by atoms with van der Waals surface area (Å²) < 4.78 is 3.05. The molecule has 1 nitrogen and oxygen atoms in total. The zero-order valence-electron chi connectivity index (χ0n) is 9.92. The van der Waals surface area contributed by atoms with Crippen LogP contribution in [0.3, 0.4) is 0 Å². The van der Waals surface area contributed by atoms with Crippen LogP contribution in [0.5, 0.6) is 0 Å². The summed E-state index contributed by atoms with van der Waals surface area (Å²) in [5.74, 6) is 0. The maximum absolute atomic E-state index is 5.66. The van der Waals surface area contributed by atoms with Gasteiger partial charge in [-0.2, -0.15) is 0 Å². The maximum atomic E-state index is 5.66. The fourth-order valence-corrected chi connectivity index (χ4v) is 6.86. The summed E-state index contributed by atoms with van der Waals surface area (Å²) in [5.41, 5.74) is 5.66. The third kappa shape index (κ3) is 3.46. The van der Waals surface area contributed by atoms with E-state index >= 15 is 0 Å². The molecule has 17 heavy (non-hydrogen) atoms. The molecule has 0 aliphatic rings. The number of rotatable bonds is 5. The van der Waals surface area contributed by atoms with Crippen LogP contribution in [-0.2, 0) is 0 Å². The molecular weight excluding hydrogens is 269 g/mol. The van der Waals surface area contributed by atoms with Crippen molar-refractivity contribution >= 4 is 23.4 Å². The minimum atomic E-state index is -1.12. The van der Waals surface area contributed by atoms with Crippen molar-refractivity contribution in [2.75, 3.05) is 6.54 Å². The van der Waals surface area contributed by atoms with E-state index in [1.165, 1.54) is 13.9 Å². The minimum absolute atomic E-state index is 0.797. The molecule has 0 aliphatic heterocycles. The predicted molar refractivity (Wildman–Crippen MR) is 76.4 cm³/mol. The first-order chi connectivity index (χ1) is 8.42. The van der Waals surface area contributed by atoms with Crippen LogP contribution < -0.4 is 14.4 Å². The number of hydrogen-bond acceptors (Lipinski definition) is 1. The summed E-state index contributed by atoms with van der Waals surface area (Å²) in [6.45, 7) is 0.797. The van der Waals surface area contributed by atoms with Gasteiger partial charge in [0.2, 0.25) is 0 Å².